The summed E-state index contributed by atoms with van der Waals surface area (Å²) in [7, 11) is 2.03. The Morgan fingerprint density at radius 1 is 1.64 bits per heavy atom. The summed E-state index contributed by atoms with van der Waals surface area (Å²) in [6.07, 6.45) is 10.00. The van der Waals surface area contributed by atoms with E-state index in [1.807, 2.05) is 7.05 Å². The van der Waals surface area contributed by atoms with Crippen molar-refractivity contribution in [1.29, 1.82) is 0 Å². The molecule has 0 amide bonds. The van der Waals surface area contributed by atoms with Gasteiger partial charge in [-0.1, -0.05) is 0 Å². The Labute approximate surface area is 87.4 Å². The number of rotatable bonds is 5. The Bertz CT molecular complexity index is 197. The molecule has 0 aliphatic carbocycles. The molecule has 0 radical (unpaired) electrons. The lowest BCUT2D eigenvalue weighted by atomic mass is 9.90. The summed E-state index contributed by atoms with van der Waals surface area (Å²) in [4.78, 5) is 0. The van der Waals surface area contributed by atoms with E-state index in [9.17, 15) is 0 Å². The van der Waals surface area contributed by atoms with E-state index in [1.54, 1.807) is 0 Å². The molecule has 1 aliphatic rings. The van der Waals surface area contributed by atoms with Gasteiger partial charge in [0.2, 0.25) is 0 Å². The molecule has 1 N–H and O–H groups in total. The maximum Gasteiger partial charge on any atom is 0.0590 e. The second-order valence-corrected chi connectivity index (χ2v) is 4.02. The van der Waals surface area contributed by atoms with Crippen LogP contribution in [0.3, 0.4) is 0 Å². The summed E-state index contributed by atoms with van der Waals surface area (Å²) >= 11 is 0. The van der Waals surface area contributed by atoms with E-state index in [4.69, 9.17) is 11.2 Å². The standard InChI is InChI=1S/C12H21NO/c1-4-5-6-7-12(13-3)11-8-9-14-10(11)2/h1,10-13H,5-9H2,2-3H3. The second kappa shape index (κ2) is 6.06. The Balaban J connectivity index is 2.33. The minimum absolute atomic E-state index is 0.401. The Hall–Kier alpha value is -0.520. The summed E-state index contributed by atoms with van der Waals surface area (Å²) in [6, 6.07) is 0.570. The summed E-state index contributed by atoms with van der Waals surface area (Å²) < 4.78 is 5.57. The molecule has 0 aromatic heterocycles. The monoisotopic (exact) mass is 195 g/mol. The summed E-state index contributed by atoms with van der Waals surface area (Å²) in [6.45, 7) is 3.09. The van der Waals surface area contributed by atoms with E-state index >= 15 is 0 Å². The molecule has 0 aromatic rings. The van der Waals surface area contributed by atoms with E-state index in [0.717, 1.165) is 19.4 Å². The van der Waals surface area contributed by atoms with E-state index in [2.05, 4.69) is 18.2 Å². The second-order valence-electron chi connectivity index (χ2n) is 4.02. The van der Waals surface area contributed by atoms with Gasteiger partial charge < -0.3 is 10.1 Å². The third-order valence-electron chi connectivity index (χ3n) is 3.16. The first-order valence-electron chi connectivity index (χ1n) is 5.52. The summed E-state index contributed by atoms with van der Waals surface area (Å²) in [5.41, 5.74) is 0. The molecule has 2 heteroatoms. The van der Waals surface area contributed by atoms with Gasteiger partial charge in [0, 0.05) is 25.0 Å². The molecule has 2 nitrogen and oxygen atoms in total. The minimum Gasteiger partial charge on any atom is -0.378 e. The molecule has 1 fully saturated rings. The van der Waals surface area contributed by atoms with Gasteiger partial charge in [-0.25, -0.2) is 0 Å². The van der Waals surface area contributed by atoms with Crippen molar-refractivity contribution in [3.8, 4) is 12.3 Å². The summed E-state index contributed by atoms with van der Waals surface area (Å²) in [5, 5.41) is 3.38. The lowest BCUT2D eigenvalue weighted by Crippen LogP contribution is -2.36. The number of nitrogens with one attached hydrogen (secondary N) is 1. The number of ether oxygens (including phenoxy) is 1. The van der Waals surface area contributed by atoms with Crippen LogP contribution < -0.4 is 5.32 Å². The highest BCUT2D eigenvalue weighted by atomic mass is 16.5. The smallest absolute Gasteiger partial charge is 0.0590 e. The van der Waals surface area contributed by atoms with Crippen LogP contribution in [-0.2, 0) is 4.74 Å². The molecule has 14 heavy (non-hydrogen) atoms. The number of hydrogen-bond donors (Lipinski definition) is 1. The fourth-order valence-corrected chi connectivity index (χ4v) is 2.27. The van der Waals surface area contributed by atoms with Crippen molar-refractivity contribution >= 4 is 0 Å². The van der Waals surface area contributed by atoms with Gasteiger partial charge in [-0.2, -0.15) is 0 Å². The molecule has 1 saturated heterocycles. The Morgan fingerprint density at radius 2 is 2.43 bits per heavy atom. The highest BCUT2D eigenvalue weighted by Gasteiger charge is 2.30. The van der Waals surface area contributed by atoms with Crippen LogP contribution in [0.15, 0.2) is 0 Å². The van der Waals surface area contributed by atoms with Crippen molar-refractivity contribution in [2.75, 3.05) is 13.7 Å². The van der Waals surface area contributed by atoms with Gasteiger partial charge in [-0.15, -0.1) is 12.3 Å². The first kappa shape index (κ1) is 11.6. The van der Waals surface area contributed by atoms with Crippen LogP contribution in [0.4, 0.5) is 0 Å². The number of unbranched alkanes of at least 4 members (excludes halogenated alkanes) is 1. The molecule has 1 rings (SSSR count). The normalized spacial score (nSPS) is 28.6. The molecule has 1 heterocycles. The van der Waals surface area contributed by atoms with E-state index < -0.39 is 0 Å². The van der Waals surface area contributed by atoms with Crippen LogP contribution in [0.5, 0.6) is 0 Å². The third-order valence-corrected chi connectivity index (χ3v) is 3.16. The van der Waals surface area contributed by atoms with Gasteiger partial charge in [0.05, 0.1) is 6.10 Å². The van der Waals surface area contributed by atoms with Crippen molar-refractivity contribution in [2.45, 2.75) is 44.8 Å². The molecule has 3 unspecified atom stereocenters. The van der Waals surface area contributed by atoms with Crippen molar-refractivity contribution in [3.05, 3.63) is 0 Å². The molecule has 0 saturated carbocycles. The average molecular weight is 195 g/mol. The van der Waals surface area contributed by atoms with Gasteiger partial charge in [-0.05, 0) is 33.2 Å². The molecule has 80 valence electrons. The molecule has 0 bridgehead atoms. The zero-order valence-corrected chi connectivity index (χ0v) is 9.25. The number of hydrogen-bond acceptors (Lipinski definition) is 2. The molecule has 1 aliphatic heterocycles. The quantitative estimate of drug-likeness (QED) is 0.533. The molecule has 0 aromatic carbocycles. The molecular weight excluding hydrogens is 174 g/mol. The van der Waals surface area contributed by atoms with Gasteiger partial charge in [0.25, 0.3) is 0 Å². The van der Waals surface area contributed by atoms with E-state index in [0.29, 0.717) is 18.1 Å². The third kappa shape index (κ3) is 3.01. The highest BCUT2D eigenvalue weighted by molar-refractivity contribution is 4.87. The Morgan fingerprint density at radius 3 is 2.93 bits per heavy atom. The van der Waals surface area contributed by atoms with Crippen LogP contribution in [0.25, 0.3) is 0 Å². The van der Waals surface area contributed by atoms with Crippen LogP contribution >= 0.6 is 0 Å². The SMILES string of the molecule is C#CCCCC(NC)C1CCOC1C. The zero-order chi connectivity index (χ0) is 10.4. The molecule has 3 atom stereocenters. The van der Waals surface area contributed by atoms with Crippen molar-refractivity contribution in [1.82, 2.24) is 5.32 Å². The van der Waals surface area contributed by atoms with Crippen molar-refractivity contribution < 1.29 is 4.74 Å². The fraction of sp³-hybridized carbons (Fsp3) is 0.833. The lowest BCUT2D eigenvalue weighted by molar-refractivity contribution is 0.0950. The largest absolute Gasteiger partial charge is 0.378 e. The lowest BCUT2D eigenvalue weighted by Gasteiger charge is -2.25. The van der Waals surface area contributed by atoms with E-state index in [1.165, 1.54) is 12.8 Å². The maximum atomic E-state index is 5.57. The predicted octanol–water partition coefficient (Wildman–Crippen LogP) is 1.80. The van der Waals surface area contributed by atoms with Gasteiger partial charge in [0.1, 0.15) is 0 Å². The Kier molecular flexibility index (Phi) is 5.00. The predicted molar refractivity (Wildman–Crippen MR) is 59.1 cm³/mol. The van der Waals surface area contributed by atoms with Crippen LogP contribution in [0.2, 0.25) is 0 Å². The van der Waals surface area contributed by atoms with Crippen LogP contribution in [0, 0.1) is 18.3 Å². The first-order valence-corrected chi connectivity index (χ1v) is 5.52. The van der Waals surface area contributed by atoms with Crippen LogP contribution in [0.1, 0.15) is 32.6 Å². The van der Waals surface area contributed by atoms with Gasteiger partial charge in [0.15, 0.2) is 0 Å². The number of terminal acetylenes is 1. The first-order chi connectivity index (χ1) is 6.79. The van der Waals surface area contributed by atoms with Gasteiger partial charge in [-0.3, -0.25) is 0 Å². The van der Waals surface area contributed by atoms with Gasteiger partial charge >= 0.3 is 0 Å². The zero-order valence-electron chi connectivity index (χ0n) is 9.25. The van der Waals surface area contributed by atoms with E-state index in [-0.39, 0.29) is 0 Å². The van der Waals surface area contributed by atoms with Crippen molar-refractivity contribution in [3.63, 3.8) is 0 Å². The molecule has 0 spiro atoms. The highest BCUT2D eigenvalue weighted by Crippen LogP contribution is 2.26. The topological polar surface area (TPSA) is 21.3 Å². The minimum atomic E-state index is 0.401. The summed E-state index contributed by atoms with van der Waals surface area (Å²) in [5.74, 6) is 3.35. The maximum absolute atomic E-state index is 5.57. The van der Waals surface area contributed by atoms with Crippen molar-refractivity contribution in [2.24, 2.45) is 5.92 Å². The molecular formula is C12H21NO. The fourth-order valence-electron chi connectivity index (χ4n) is 2.27. The van der Waals surface area contributed by atoms with Crippen LogP contribution in [-0.4, -0.2) is 25.8 Å². The average Bonchev–Trinajstić information content (AvgIpc) is 2.60.